The van der Waals surface area contributed by atoms with Gasteiger partial charge in [0.25, 0.3) is 0 Å². The Balaban J connectivity index is 1.75. The summed E-state index contributed by atoms with van der Waals surface area (Å²) in [7, 11) is 0. The number of hydrogen-bond donors (Lipinski definition) is 1. The lowest BCUT2D eigenvalue weighted by atomic mass is 10.1. The molecule has 0 aliphatic carbocycles. The zero-order chi connectivity index (χ0) is 16.5. The van der Waals surface area contributed by atoms with Crippen molar-refractivity contribution in [1.29, 1.82) is 0 Å². The van der Waals surface area contributed by atoms with Gasteiger partial charge in [-0.3, -0.25) is 0 Å². The molecule has 128 valence electrons. The highest BCUT2D eigenvalue weighted by Crippen LogP contribution is 2.22. The second kappa shape index (κ2) is 9.71. The van der Waals surface area contributed by atoms with Gasteiger partial charge in [-0.15, -0.1) is 0 Å². The van der Waals surface area contributed by atoms with Crippen LogP contribution in [0.15, 0.2) is 24.3 Å². The molecule has 0 radical (unpaired) electrons. The number of nitrogens with zero attached hydrogens (tertiary/aromatic N) is 2. The fraction of sp³-hybridized carbons (Fsp3) is 0.650. The summed E-state index contributed by atoms with van der Waals surface area (Å²) in [6.07, 6.45) is 11.6. The van der Waals surface area contributed by atoms with Crippen LogP contribution in [0.3, 0.4) is 0 Å². The van der Waals surface area contributed by atoms with Crippen LogP contribution in [0.2, 0.25) is 0 Å². The van der Waals surface area contributed by atoms with E-state index in [4.69, 9.17) is 10.7 Å². The maximum atomic E-state index is 5.52. The first-order valence-electron chi connectivity index (χ1n) is 9.40. The van der Waals surface area contributed by atoms with Crippen LogP contribution >= 0.6 is 0 Å². The van der Waals surface area contributed by atoms with Gasteiger partial charge in [0, 0.05) is 12.5 Å². The SMILES string of the molecule is CC(C)n1c(CCCCCCCCCCN)nc2ccccc21. The quantitative estimate of drug-likeness (QED) is 0.576. The van der Waals surface area contributed by atoms with Gasteiger partial charge in [-0.2, -0.15) is 0 Å². The molecular formula is C20H33N3. The molecule has 1 heterocycles. The molecule has 0 saturated carbocycles. The van der Waals surface area contributed by atoms with Crippen molar-refractivity contribution in [2.24, 2.45) is 5.73 Å². The number of hydrogen-bond acceptors (Lipinski definition) is 2. The molecule has 1 aromatic heterocycles. The monoisotopic (exact) mass is 315 g/mol. The molecule has 1 aromatic carbocycles. The molecule has 2 N–H and O–H groups in total. The molecule has 0 amide bonds. The Morgan fingerprint density at radius 2 is 1.52 bits per heavy atom. The molecule has 0 fully saturated rings. The number of aryl methyl sites for hydroxylation is 1. The Morgan fingerprint density at radius 3 is 2.17 bits per heavy atom. The van der Waals surface area contributed by atoms with Crippen molar-refractivity contribution in [2.45, 2.75) is 77.7 Å². The standard InChI is InChI=1S/C20H33N3/c1-17(2)23-19-14-11-10-13-18(19)22-20(23)15-9-7-5-3-4-6-8-12-16-21/h10-11,13-14,17H,3-9,12,15-16,21H2,1-2H3. The number of rotatable bonds is 11. The van der Waals surface area contributed by atoms with Crippen LogP contribution in [-0.2, 0) is 6.42 Å². The average Bonchev–Trinajstić information content (AvgIpc) is 2.91. The smallest absolute Gasteiger partial charge is 0.110 e. The zero-order valence-electron chi connectivity index (χ0n) is 14.9. The minimum absolute atomic E-state index is 0.472. The molecule has 0 atom stereocenters. The lowest BCUT2D eigenvalue weighted by molar-refractivity contribution is 0.545. The minimum Gasteiger partial charge on any atom is -0.330 e. The number of unbranched alkanes of at least 4 members (excludes halogenated alkanes) is 7. The Kier molecular flexibility index (Phi) is 7.60. The maximum absolute atomic E-state index is 5.52. The second-order valence-electron chi connectivity index (χ2n) is 6.85. The zero-order valence-corrected chi connectivity index (χ0v) is 14.9. The van der Waals surface area contributed by atoms with Gasteiger partial charge in [0.2, 0.25) is 0 Å². The van der Waals surface area contributed by atoms with Gasteiger partial charge in [0.1, 0.15) is 5.82 Å². The number of aromatic nitrogens is 2. The molecule has 2 rings (SSSR count). The molecule has 0 aliphatic rings. The summed E-state index contributed by atoms with van der Waals surface area (Å²) in [5.41, 5.74) is 7.93. The number of nitrogens with two attached hydrogens (primary N) is 1. The van der Waals surface area contributed by atoms with E-state index in [0.717, 1.165) is 18.5 Å². The van der Waals surface area contributed by atoms with Crippen molar-refractivity contribution in [1.82, 2.24) is 9.55 Å². The molecule has 23 heavy (non-hydrogen) atoms. The number of imidazole rings is 1. The largest absolute Gasteiger partial charge is 0.330 e. The number of para-hydroxylation sites is 2. The first-order chi connectivity index (χ1) is 11.2. The van der Waals surface area contributed by atoms with Crippen LogP contribution in [0.1, 0.15) is 77.1 Å². The normalized spacial score (nSPS) is 11.7. The Morgan fingerprint density at radius 1 is 0.913 bits per heavy atom. The summed E-state index contributed by atoms with van der Waals surface area (Å²) >= 11 is 0. The molecule has 0 bridgehead atoms. The van der Waals surface area contributed by atoms with E-state index in [1.165, 1.54) is 62.7 Å². The summed E-state index contributed by atoms with van der Waals surface area (Å²) in [6.45, 7) is 5.34. The van der Waals surface area contributed by atoms with E-state index >= 15 is 0 Å². The Labute approximate surface area is 141 Å². The van der Waals surface area contributed by atoms with Gasteiger partial charge in [-0.25, -0.2) is 4.98 Å². The molecule has 0 saturated heterocycles. The number of benzene rings is 1. The highest BCUT2D eigenvalue weighted by Gasteiger charge is 2.12. The summed E-state index contributed by atoms with van der Waals surface area (Å²) in [6, 6.07) is 8.97. The summed E-state index contributed by atoms with van der Waals surface area (Å²) < 4.78 is 2.40. The van der Waals surface area contributed by atoms with Gasteiger partial charge in [-0.1, -0.05) is 50.7 Å². The fourth-order valence-corrected chi connectivity index (χ4v) is 3.34. The third-order valence-electron chi connectivity index (χ3n) is 4.54. The summed E-state index contributed by atoms with van der Waals surface area (Å²) in [5, 5.41) is 0. The van der Waals surface area contributed by atoms with Crippen molar-refractivity contribution in [3.05, 3.63) is 30.1 Å². The predicted molar refractivity (Wildman–Crippen MR) is 99.8 cm³/mol. The third-order valence-corrected chi connectivity index (χ3v) is 4.54. The molecule has 3 heteroatoms. The van der Waals surface area contributed by atoms with E-state index in [1.807, 2.05) is 0 Å². The predicted octanol–water partition coefficient (Wildman–Crippen LogP) is 5.24. The van der Waals surface area contributed by atoms with E-state index < -0.39 is 0 Å². The highest BCUT2D eigenvalue weighted by atomic mass is 15.1. The fourth-order valence-electron chi connectivity index (χ4n) is 3.34. The van der Waals surface area contributed by atoms with Gasteiger partial charge >= 0.3 is 0 Å². The molecule has 3 nitrogen and oxygen atoms in total. The summed E-state index contributed by atoms with van der Waals surface area (Å²) in [5.74, 6) is 1.25. The summed E-state index contributed by atoms with van der Waals surface area (Å²) in [4.78, 5) is 4.85. The highest BCUT2D eigenvalue weighted by molar-refractivity contribution is 5.76. The van der Waals surface area contributed by atoms with Crippen LogP contribution < -0.4 is 5.73 Å². The molecule has 2 aromatic rings. The molecule has 0 spiro atoms. The van der Waals surface area contributed by atoms with E-state index in [9.17, 15) is 0 Å². The van der Waals surface area contributed by atoms with Crippen LogP contribution in [0.4, 0.5) is 0 Å². The Bertz CT molecular complexity index is 571. The number of fused-ring (bicyclic) bond motifs is 1. The topological polar surface area (TPSA) is 43.8 Å². The van der Waals surface area contributed by atoms with Gasteiger partial charge in [0.15, 0.2) is 0 Å². The van der Waals surface area contributed by atoms with Crippen LogP contribution in [0.25, 0.3) is 11.0 Å². The van der Waals surface area contributed by atoms with Gasteiger partial charge in [0.05, 0.1) is 11.0 Å². The van der Waals surface area contributed by atoms with Crippen molar-refractivity contribution in [3.63, 3.8) is 0 Å². The maximum Gasteiger partial charge on any atom is 0.110 e. The molecule has 0 unspecified atom stereocenters. The van der Waals surface area contributed by atoms with Gasteiger partial charge < -0.3 is 10.3 Å². The van der Waals surface area contributed by atoms with Gasteiger partial charge in [-0.05, 0) is 45.4 Å². The van der Waals surface area contributed by atoms with Crippen molar-refractivity contribution in [2.75, 3.05) is 6.54 Å². The Hall–Kier alpha value is -1.35. The lowest BCUT2D eigenvalue weighted by Gasteiger charge is -2.13. The van der Waals surface area contributed by atoms with E-state index in [0.29, 0.717) is 6.04 Å². The lowest BCUT2D eigenvalue weighted by Crippen LogP contribution is -2.06. The van der Waals surface area contributed by atoms with Crippen LogP contribution in [0.5, 0.6) is 0 Å². The average molecular weight is 316 g/mol. The van der Waals surface area contributed by atoms with E-state index in [1.54, 1.807) is 0 Å². The minimum atomic E-state index is 0.472. The second-order valence-corrected chi connectivity index (χ2v) is 6.85. The first kappa shape index (κ1) is 18.0. The van der Waals surface area contributed by atoms with E-state index in [-0.39, 0.29) is 0 Å². The van der Waals surface area contributed by atoms with E-state index in [2.05, 4.69) is 42.7 Å². The van der Waals surface area contributed by atoms with Crippen molar-refractivity contribution >= 4 is 11.0 Å². The van der Waals surface area contributed by atoms with Crippen LogP contribution in [0, 0.1) is 0 Å². The van der Waals surface area contributed by atoms with Crippen molar-refractivity contribution < 1.29 is 0 Å². The first-order valence-corrected chi connectivity index (χ1v) is 9.40. The molecule has 0 aliphatic heterocycles. The van der Waals surface area contributed by atoms with Crippen LogP contribution in [-0.4, -0.2) is 16.1 Å². The third kappa shape index (κ3) is 5.35. The molecular weight excluding hydrogens is 282 g/mol. The van der Waals surface area contributed by atoms with Crippen molar-refractivity contribution in [3.8, 4) is 0 Å².